The fraction of sp³-hybridized carbons (Fsp3) is 0.429. The molecule has 2 aromatic rings. The van der Waals surface area contributed by atoms with Gasteiger partial charge in [-0.1, -0.05) is 63.2 Å². The summed E-state index contributed by atoms with van der Waals surface area (Å²) in [6, 6.07) is 12.9. The van der Waals surface area contributed by atoms with Crippen molar-refractivity contribution in [2.45, 2.75) is 44.8 Å². The van der Waals surface area contributed by atoms with E-state index in [9.17, 15) is 19.8 Å². The van der Waals surface area contributed by atoms with Crippen LogP contribution in [0.2, 0.25) is 0 Å². The molecule has 0 saturated carbocycles. The summed E-state index contributed by atoms with van der Waals surface area (Å²) in [5, 5.41) is 26.1. The number of hydrogen-bond donors (Lipinski definition) is 3. The third-order valence-electron chi connectivity index (χ3n) is 5.50. The number of ketones is 1. The number of aliphatic hydroxyl groups is 1. The molecule has 2 aromatic carbocycles. The Hall–Kier alpha value is -2.24. The molecular formula is C21H25NO4. The first kappa shape index (κ1) is 18.5. The highest BCUT2D eigenvalue weighted by molar-refractivity contribution is 6.13. The average Bonchev–Trinajstić information content (AvgIpc) is 3.10. The molecule has 0 bridgehead atoms. The van der Waals surface area contributed by atoms with Gasteiger partial charge in [0, 0.05) is 5.41 Å². The maximum Gasteiger partial charge on any atom is 0.331 e. The number of benzene rings is 2. The van der Waals surface area contributed by atoms with E-state index in [1.54, 1.807) is 32.9 Å². The Morgan fingerprint density at radius 2 is 1.73 bits per heavy atom. The SMILES string of the molecule is CC(C)(C)C(O)(C(=O)[C@@]1(C(=O)O)CCCN1)c1cccc2ccccc12. The van der Waals surface area contributed by atoms with E-state index in [1.807, 2.05) is 30.3 Å². The Morgan fingerprint density at radius 1 is 1.08 bits per heavy atom. The van der Waals surface area contributed by atoms with Gasteiger partial charge in [-0.05, 0) is 35.7 Å². The smallest absolute Gasteiger partial charge is 0.331 e. The van der Waals surface area contributed by atoms with E-state index in [2.05, 4.69) is 5.32 Å². The van der Waals surface area contributed by atoms with E-state index in [0.29, 0.717) is 18.5 Å². The highest BCUT2D eigenvalue weighted by atomic mass is 16.4. The van der Waals surface area contributed by atoms with Gasteiger partial charge in [-0.2, -0.15) is 0 Å². The predicted molar refractivity (Wildman–Crippen MR) is 99.9 cm³/mol. The van der Waals surface area contributed by atoms with Gasteiger partial charge >= 0.3 is 5.97 Å². The maximum absolute atomic E-state index is 13.6. The summed E-state index contributed by atoms with van der Waals surface area (Å²) in [4.78, 5) is 25.7. The van der Waals surface area contributed by atoms with Crippen molar-refractivity contribution in [1.29, 1.82) is 0 Å². The molecule has 1 fully saturated rings. The summed E-state index contributed by atoms with van der Waals surface area (Å²) >= 11 is 0. The number of aliphatic carboxylic acids is 1. The van der Waals surface area contributed by atoms with Crippen molar-refractivity contribution >= 4 is 22.5 Å². The molecule has 0 amide bonds. The summed E-state index contributed by atoms with van der Waals surface area (Å²) in [6.45, 7) is 5.72. The summed E-state index contributed by atoms with van der Waals surface area (Å²) in [5.74, 6) is -1.93. The van der Waals surface area contributed by atoms with Crippen molar-refractivity contribution in [2.75, 3.05) is 6.54 Å². The molecule has 1 heterocycles. The van der Waals surface area contributed by atoms with Crippen LogP contribution < -0.4 is 5.32 Å². The molecule has 26 heavy (non-hydrogen) atoms. The van der Waals surface area contributed by atoms with E-state index in [-0.39, 0.29) is 6.42 Å². The van der Waals surface area contributed by atoms with Crippen LogP contribution in [0.15, 0.2) is 42.5 Å². The first-order valence-corrected chi connectivity index (χ1v) is 8.88. The Kier molecular flexibility index (Phi) is 4.41. The van der Waals surface area contributed by atoms with Crippen LogP contribution in [0.3, 0.4) is 0 Å². The number of carboxylic acids is 1. The second-order valence-electron chi connectivity index (χ2n) is 8.06. The van der Waals surface area contributed by atoms with Crippen LogP contribution in [0.5, 0.6) is 0 Å². The number of hydrogen-bond acceptors (Lipinski definition) is 4. The molecule has 0 aromatic heterocycles. The zero-order valence-corrected chi connectivity index (χ0v) is 15.4. The van der Waals surface area contributed by atoms with Crippen molar-refractivity contribution in [2.24, 2.45) is 5.41 Å². The zero-order valence-electron chi connectivity index (χ0n) is 15.4. The quantitative estimate of drug-likeness (QED) is 0.734. The second kappa shape index (κ2) is 6.18. The summed E-state index contributed by atoms with van der Waals surface area (Å²) in [7, 11) is 0. The van der Waals surface area contributed by atoms with Gasteiger partial charge in [-0.25, -0.2) is 4.79 Å². The zero-order chi connectivity index (χ0) is 19.2. The molecule has 1 aliphatic heterocycles. The summed E-state index contributed by atoms with van der Waals surface area (Å²) in [6.07, 6.45) is 0.748. The molecule has 1 aliphatic rings. The lowest BCUT2D eigenvalue weighted by molar-refractivity contribution is -0.166. The van der Waals surface area contributed by atoms with Gasteiger partial charge in [-0.3, -0.25) is 10.1 Å². The molecule has 0 radical (unpaired) electrons. The van der Waals surface area contributed by atoms with Crippen LogP contribution in [0, 0.1) is 5.41 Å². The van der Waals surface area contributed by atoms with Crippen LogP contribution in [-0.4, -0.2) is 34.0 Å². The molecule has 3 rings (SSSR count). The minimum atomic E-state index is -1.95. The minimum Gasteiger partial charge on any atom is -0.480 e. The van der Waals surface area contributed by atoms with Crippen molar-refractivity contribution < 1.29 is 19.8 Å². The Bertz CT molecular complexity index is 856. The average molecular weight is 355 g/mol. The highest BCUT2D eigenvalue weighted by Gasteiger charge is 2.60. The van der Waals surface area contributed by atoms with Crippen LogP contribution in [0.1, 0.15) is 39.2 Å². The largest absolute Gasteiger partial charge is 0.480 e. The molecule has 5 nitrogen and oxygen atoms in total. The lowest BCUT2D eigenvalue weighted by atomic mass is 9.64. The fourth-order valence-corrected chi connectivity index (χ4v) is 3.93. The van der Waals surface area contributed by atoms with Crippen LogP contribution >= 0.6 is 0 Å². The first-order chi connectivity index (χ1) is 12.1. The highest BCUT2D eigenvalue weighted by Crippen LogP contribution is 2.46. The number of carbonyl (C=O) groups is 2. The van der Waals surface area contributed by atoms with Crippen LogP contribution in [0.25, 0.3) is 10.8 Å². The van der Waals surface area contributed by atoms with Crippen molar-refractivity contribution in [3.63, 3.8) is 0 Å². The molecule has 138 valence electrons. The second-order valence-corrected chi connectivity index (χ2v) is 8.06. The van der Waals surface area contributed by atoms with E-state index in [0.717, 1.165) is 10.8 Å². The van der Waals surface area contributed by atoms with E-state index >= 15 is 0 Å². The molecule has 0 spiro atoms. The third-order valence-corrected chi connectivity index (χ3v) is 5.50. The fourth-order valence-electron chi connectivity index (χ4n) is 3.93. The summed E-state index contributed by atoms with van der Waals surface area (Å²) in [5.41, 5.74) is -4.17. The van der Waals surface area contributed by atoms with Crippen molar-refractivity contribution in [3.8, 4) is 0 Å². The summed E-state index contributed by atoms with van der Waals surface area (Å²) < 4.78 is 0. The van der Waals surface area contributed by atoms with E-state index < -0.39 is 28.3 Å². The van der Waals surface area contributed by atoms with Gasteiger partial charge < -0.3 is 10.2 Å². The number of carboxylic acid groups (broad SMARTS) is 1. The topological polar surface area (TPSA) is 86.6 Å². The number of carbonyl (C=O) groups excluding carboxylic acids is 1. The van der Waals surface area contributed by atoms with Gasteiger partial charge in [-0.15, -0.1) is 0 Å². The van der Waals surface area contributed by atoms with Crippen molar-refractivity contribution in [3.05, 3.63) is 48.0 Å². The lowest BCUT2D eigenvalue weighted by Crippen LogP contribution is -2.64. The third kappa shape index (κ3) is 2.54. The maximum atomic E-state index is 13.6. The minimum absolute atomic E-state index is 0.171. The van der Waals surface area contributed by atoms with Crippen molar-refractivity contribution in [1.82, 2.24) is 5.32 Å². The molecule has 3 N–H and O–H groups in total. The van der Waals surface area contributed by atoms with Gasteiger partial charge in [0.15, 0.2) is 11.1 Å². The van der Waals surface area contributed by atoms with Crippen LogP contribution in [-0.2, 0) is 15.2 Å². The molecule has 1 saturated heterocycles. The number of nitrogens with one attached hydrogen (secondary N) is 1. The molecule has 5 heteroatoms. The first-order valence-electron chi connectivity index (χ1n) is 8.88. The van der Waals surface area contributed by atoms with Gasteiger partial charge in [0.1, 0.15) is 0 Å². The Labute approximate surface area is 153 Å². The number of rotatable bonds is 4. The Morgan fingerprint density at radius 3 is 2.31 bits per heavy atom. The number of fused-ring (bicyclic) bond motifs is 1. The molecule has 0 aliphatic carbocycles. The van der Waals surface area contributed by atoms with E-state index in [1.165, 1.54) is 0 Å². The monoisotopic (exact) mass is 355 g/mol. The Balaban J connectivity index is 2.29. The standard InChI is InChI=1S/C21H25NO4/c1-19(2,3)21(26,17(23)20(18(24)25)12-7-13-22-20)16-11-6-9-14-8-4-5-10-15(14)16/h4-6,8-11,22,26H,7,12-13H2,1-3H3,(H,24,25)/t20-,21?/m1/s1. The molecule has 1 unspecified atom stereocenters. The van der Waals surface area contributed by atoms with Crippen LogP contribution in [0.4, 0.5) is 0 Å². The normalized spacial score (nSPS) is 22.9. The lowest BCUT2D eigenvalue weighted by Gasteiger charge is -2.43. The van der Waals surface area contributed by atoms with E-state index in [4.69, 9.17) is 0 Å². The number of Topliss-reactive ketones (excluding diaryl/α,β-unsaturated/α-hetero) is 1. The van der Waals surface area contributed by atoms with Gasteiger partial charge in [0.2, 0.25) is 5.78 Å². The molecule has 2 atom stereocenters. The molecular weight excluding hydrogens is 330 g/mol. The predicted octanol–water partition coefficient (Wildman–Crippen LogP) is 2.85. The van der Waals surface area contributed by atoms with Gasteiger partial charge in [0.25, 0.3) is 0 Å². The van der Waals surface area contributed by atoms with Gasteiger partial charge in [0.05, 0.1) is 0 Å².